The Hall–Kier alpha value is -0.560. The van der Waals surface area contributed by atoms with Crippen LogP contribution in [0.5, 0.6) is 0 Å². The van der Waals surface area contributed by atoms with Gasteiger partial charge in [0.1, 0.15) is 0 Å². The summed E-state index contributed by atoms with van der Waals surface area (Å²) in [6.45, 7) is 6.25. The lowest BCUT2D eigenvalue weighted by atomic mass is 10.5. The van der Waals surface area contributed by atoms with Gasteiger partial charge in [0.2, 0.25) is 0 Å². The topological polar surface area (TPSA) is 12.4 Å². The average Bonchev–Trinajstić information content (AvgIpc) is 1.80. The number of aliphatic imine (C=N–C) groups is 1. The van der Waals surface area contributed by atoms with E-state index in [1.165, 1.54) is 0 Å². The molecule has 2 heteroatoms. The zero-order chi connectivity index (χ0) is 7.11. The quantitative estimate of drug-likeness (QED) is 0.425. The van der Waals surface area contributed by atoms with Crippen molar-refractivity contribution in [1.82, 2.24) is 0 Å². The molecule has 0 aliphatic rings. The molecular formula is C7H10ClN. The molecule has 0 radical (unpaired) electrons. The lowest BCUT2D eigenvalue weighted by Crippen LogP contribution is -1.68. The maximum Gasteiger partial charge on any atom is 0.0360 e. The standard InChI is InChI=1S/C7H10ClN/c1-3-9-6-4-5-7(2)8/h4-6H,2-3H2,1H3/b5-4-,9-6?. The minimum absolute atomic E-state index is 0.526. The molecule has 0 aromatic rings. The first-order valence-electron chi connectivity index (χ1n) is 2.78. The van der Waals surface area contributed by atoms with Gasteiger partial charge in [0, 0.05) is 17.8 Å². The van der Waals surface area contributed by atoms with E-state index in [2.05, 4.69) is 11.6 Å². The van der Waals surface area contributed by atoms with Gasteiger partial charge in [0.05, 0.1) is 0 Å². The van der Waals surface area contributed by atoms with E-state index in [0.717, 1.165) is 6.54 Å². The molecule has 50 valence electrons. The number of hydrogen-bond acceptors (Lipinski definition) is 1. The summed E-state index contributed by atoms with van der Waals surface area (Å²) >= 11 is 5.41. The summed E-state index contributed by atoms with van der Waals surface area (Å²) in [5, 5.41) is 0.526. The predicted octanol–water partition coefficient (Wildman–Crippen LogP) is 2.39. The lowest BCUT2D eigenvalue weighted by Gasteiger charge is -1.77. The first-order chi connectivity index (χ1) is 4.27. The highest BCUT2D eigenvalue weighted by Gasteiger charge is 1.71. The highest BCUT2D eigenvalue weighted by molar-refractivity contribution is 6.30. The van der Waals surface area contributed by atoms with Gasteiger partial charge >= 0.3 is 0 Å². The molecule has 0 atom stereocenters. The van der Waals surface area contributed by atoms with Gasteiger partial charge in [-0.2, -0.15) is 0 Å². The number of allylic oxidation sites excluding steroid dienone is 3. The van der Waals surface area contributed by atoms with E-state index in [-0.39, 0.29) is 0 Å². The van der Waals surface area contributed by atoms with Crippen molar-refractivity contribution in [2.45, 2.75) is 6.92 Å². The summed E-state index contributed by atoms with van der Waals surface area (Å²) in [6, 6.07) is 0. The van der Waals surface area contributed by atoms with E-state index in [1.807, 2.05) is 6.92 Å². The van der Waals surface area contributed by atoms with Gasteiger partial charge in [-0.1, -0.05) is 18.2 Å². The number of halogens is 1. The van der Waals surface area contributed by atoms with Gasteiger partial charge in [0.25, 0.3) is 0 Å². The minimum atomic E-state index is 0.526. The Bertz CT molecular complexity index is 136. The van der Waals surface area contributed by atoms with Crippen LogP contribution in [0, 0.1) is 0 Å². The van der Waals surface area contributed by atoms with Crippen molar-refractivity contribution in [3.63, 3.8) is 0 Å². The summed E-state index contributed by atoms with van der Waals surface area (Å²) in [6.07, 6.45) is 5.16. The van der Waals surface area contributed by atoms with Crippen LogP contribution < -0.4 is 0 Å². The van der Waals surface area contributed by atoms with Crippen LogP contribution in [-0.4, -0.2) is 12.8 Å². The molecule has 0 unspecified atom stereocenters. The average molecular weight is 144 g/mol. The SMILES string of the molecule is C=C(Cl)/C=C\C=NCC. The Morgan fingerprint density at radius 3 is 2.89 bits per heavy atom. The molecule has 0 spiro atoms. The minimum Gasteiger partial charge on any atom is -0.293 e. The second-order valence-electron chi connectivity index (χ2n) is 1.45. The predicted molar refractivity (Wildman–Crippen MR) is 43.2 cm³/mol. The molecule has 0 aliphatic heterocycles. The molecule has 0 saturated carbocycles. The highest BCUT2D eigenvalue weighted by atomic mass is 35.5. The maximum absolute atomic E-state index is 5.41. The first kappa shape index (κ1) is 8.44. The number of hydrogen-bond donors (Lipinski definition) is 0. The molecule has 0 aromatic carbocycles. The third kappa shape index (κ3) is 7.44. The zero-order valence-electron chi connectivity index (χ0n) is 5.47. The number of nitrogens with zero attached hydrogens (tertiary/aromatic N) is 1. The van der Waals surface area contributed by atoms with Crippen LogP contribution in [-0.2, 0) is 0 Å². The molecule has 0 saturated heterocycles. The fourth-order valence-corrected chi connectivity index (χ4v) is 0.386. The summed E-state index contributed by atoms with van der Waals surface area (Å²) in [7, 11) is 0. The summed E-state index contributed by atoms with van der Waals surface area (Å²) in [4.78, 5) is 3.93. The van der Waals surface area contributed by atoms with Crippen LogP contribution in [0.3, 0.4) is 0 Å². The van der Waals surface area contributed by atoms with Crippen molar-refractivity contribution < 1.29 is 0 Å². The van der Waals surface area contributed by atoms with Gasteiger partial charge < -0.3 is 0 Å². The number of rotatable bonds is 3. The van der Waals surface area contributed by atoms with E-state index < -0.39 is 0 Å². The third-order valence-corrected chi connectivity index (χ3v) is 0.777. The van der Waals surface area contributed by atoms with Crippen molar-refractivity contribution >= 4 is 17.8 Å². The summed E-state index contributed by atoms with van der Waals surface area (Å²) < 4.78 is 0. The molecule has 9 heavy (non-hydrogen) atoms. The second-order valence-corrected chi connectivity index (χ2v) is 1.94. The Labute approximate surface area is 60.7 Å². The van der Waals surface area contributed by atoms with Gasteiger partial charge in [-0.3, -0.25) is 4.99 Å². The smallest absolute Gasteiger partial charge is 0.0360 e. The highest BCUT2D eigenvalue weighted by Crippen LogP contribution is 1.95. The Morgan fingerprint density at radius 1 is 1.78 bits per heavy atom. The van der Waals surface area contributed by atoms with Crippen molar-refractivity contribution in [3.8, 4) is 0 Å². The van der Waals surface area contributed by atoms with E-state index in [1.54, 1.807) is 18.4 Å². The second kappa shape index (κ2) is 5.57. The van der Waals surface area contributed by atoms with Gasteiger partial charge in [-0.25, -0.2) is 0 Å². The molecule has 0 amide bonds. The molecule has 0 heterocycles. The largest absolute Gasteiger partial charge is 0.293 e. The van der Waals surface area contributed by atoms with Crippen molar-refractivity contribution in [1.29, 1.82) is 0 Å². The van der Waals surface area contributed by atoms with Crippen LogP contribution in [0.15, 0.2) is 28.8 Å². The van der Waals surface area contributed by atoms with Gasteiger partial charge in [-0.05, 0) is 19.1 Å². The van der Waals surface area contributed by atoms with Crippen LogP contribution in [0.2, 0.25) is 0 Å². The fraction of sp³-hybridized carbons (Fsp3) is 0.286. The monoisotopic (exact) mass is 143 g/mol. The molecule has 0 fully saturated rings. The van der Waals surface area contributed by atoms with Crippen LogP contribution in [0.25, 0.3) is 0 Å². The normalized spacial score (nSPS) is 11.3. The van der Waals surface area contributed by atoms with Crippen molar-refractivity contribution in [2.75, 3.05) is 6.54 Å². The zero-order valence-corrected chi connectivity index (χ0v) is 6.23. The van der Waals surface area contributed by atoms with E-state index >= 15 is 0 Å². The summed E-state index contributed by atoms with van der Waals surface area (Å²) in [5.74, 6) is 0. The van der Waals surface area contributed by atoms with E-state index in [0.29, 0.717) is 5.03 Å². The van der Waals surface area contributed by atoms with Crippen LogP contribution in [0.4, 0.5) is 0 Å². The molecule has 0 bridgehead atoms. The third-order valence-electron chi connectivity index (χ3n) is 0.651. The first-order valence-corrected chi connectivity index (χ1v) is 3.16. The molecule has 0 aromatic heterocycles. The van der Waals surface area contributed by atoms with Crippen LogP contribution >= 0.6 is 11.6 Å². The molecule has 0 N–H and O–H groups in total. The van der Waals surface area contributed by atoms with E-state index in [4.69, 9.17) is 11.6 Å². The molecular weight excluding hydrogens is 134 g/mol. The Balaban J connectivity index is 3.47. The Morgan fingerprint density at radius 2 is 2.44 bits per heavy atom. The van der Waals surface area contributed by atoms with Gasteiger partial charge in [-0.15, -0.1) is 0 Å². The molecule has 0 rings (SSSR count). The van der Waals surface area contributed by atoms with Crippen molar-refractivity contribution in [3.05, 3.63) is 23.8 Å². The Kier molecular flexibility index (Phi) is 5.23. The lowest BCUT2D eigenvalue weighted by molar-refractivity contribution is 1.14. The molecule has 0 aliphatic carbocycles. The maximum atomic E-state index is 5.41. The molecule has 1 nitrogen and oxygen atoms in total. The van der Waals surface area contributed by atoms with E-state index in [9.17, 15) is 0 Å². The van der Waals surface area contributed by atoms with Crippen molar-refractivity contribution in [2.24, 2.45) is 4.99 Å². The van der Waals surface area contributed by atoms with Gasteiger partial charge in [0.15, 0.2) is 0 Å². The fourth-order valence-electron chi connectivity index (χ4n) is 0.314. The van der Waals surface area contributed by atoms with Crippen LogP contribution in [0.1, 0.15) is 6.92 Å². The summed E-state index contributed by atoms with van der Waals surface area (Å²) in [5.41, 5.74) is 0.